The maximum Gasteiger partial charge on any atom is 0.414 e. The number of rotatable bonds is 3. The zero-order chi connectivity index (χ0) is 13.1. The van der Waals surface area contributed by atoms with Crippen LogP contribution in [0.5, 0.6) is 0 Å². The van der Waals surface area contributed by atoms with E-state index < -0.39 is 21.1 Å². The minimum absolute atomic E-state index is 0.390. The van der Waals surface area contributed by atoms with Crippen LogP contribution >= 0.6 is 15.9 Å². The summed E-state index contributed by atoms with van der Waals surface area (Å²) >= 11 is 3.26. The van der Waals surface area contributed by atoms with Gasteiger partial charge in [0.1, 0.15) is 5.92 Å². The molecule has 7 heteroatoms. The van der Waals surface area contributed by atoms with Crippen LogP contribution in [-0.4, -0.2) is 22.8 Å². The minimum atomic E-state index is -4.50. The van der Waals surface area contributed by atoms with Gasteiger partial charge in [0.05, 0.1) is 0 Å². The first-order chi connectivity index (χ1) is 7.90. The van der Waals surface area contributed by atoms with Gasteiger partial charge in [-0.25, -0.2) is 0 Å². The van der Waals surface area contributed by atoms with Gasteiger partial charge in [0.2, 0.25) is 0 Å². The smallest absolute Gasteiger partial charge is 0.360 e. The monoisotopic (exact) mass is 318 g/mol. The Kier molecular flexibility index (Phi) is 4.59. The van der Waals surface area contributed by atoms with E-state index in [-0.39, 0.29) is 0 Å². The van der Waals surface area contributed by atoms with Gasteiger partial charge < -0.3 is 5.53 Å². The molecule has 92 valence electrons. The van der Waals surface area contributed by atoms with E-state index in [1.807, 2.05) is 0 Å². The Bertz CT molecular complexity index is 547. The molecule has 1 unspecified atom stereocenters. The van der Waals surface area contributed by atoms with Gasteiger partial charge >= 0.3 is 15.2 Å². The van der Waals surface area contributed by atoms with E-state index in [1.165, 1.54) is 0 Å². The molecule has 0 amide bonds. The lowest BCUT2D eigenvalue weighted by Crippen LogP contribution is -2.23. The van der Waals surface area contributed by atoms with Crippen LogP contribution in [0.1, 0.15) is 24.8 Å². The summed E-state index contributed by atoms with van der Waals surface area (Å²) in [5.74, 6) is -0.664. The maximum atomic E-state index is 11.1. The van der Waals surface area contributed by atoms with Crippen molar-refractivity contribution in [2.75, 3.05) is 0 Å². The van der Waals surface area contributed by atoms with Crippen LogP contribution in [0.3, 0.4) is 0 Å². The highest BCUT2D eigenvalue weighted by Gasteiger charge is 2.35. The summed E-state index contributed by atoms with van der Waals surface area (Å²) in [5.41, 5.74) is 9.37. The van der Waals surface area contributed by atoms with Crippen molar-refractivity contribution in [2.45, 2.75) is 19.3 Å². The average molecular weight is 319 g/mol. The predicted molar refractivity (Wildman–Crippen MR) is 67.3 cm³/mol. The lowest BCUT2D eigenvalue weighted by atomic mass is 9.98. The standard InChI is InChI=1S/C10H11BrN2O3S/c1-2-9(10(13-12)17(14,15)16)7-3-5-8(11)6-4-7/h3-6,9H,2H2,1H3,(H,14,15,16). The highest BCUT2D eigenvalue weighted by Crippen LogP contribution is 2.24. The van der Waals surface area contributed by atoms with Gasteiger partial charge in [0.25, 0.3) is 0 Å². The van der Waals surface area contributed by atoms with Crippen molar-refractivity contribution in [2.24, 2.45) is 0 Å². The highest BCUT2D eigenvalue weighted by molar-refractivity contribution is 9.10. The van der Waals surface area contributed by atoms with Crippen LogP contribution in [0.4, 0.5) is 0 Å². The number of hydrogen-bond donors (Lipinski definition) is 1. The van der Waals surface area contributed by atoms with Crippen molar-refractivity contribution in [3.63, 3.8) is 0 Å². The molecule has 0 heterocycles. The van der Waals surface area contributed by atoms with Crippen LogP contribution in [0.2, 0.25) is 0 Å². The molecule has 1 atom stereocenters. The molecule has 1 aromatic carbocycles. The number of benzene rings is 1. The fraction of sp³-hybridized carbons (Fsp3) is 0.300. The second-order valence-corrected chi connectivity index (χ2v) is 5.71. The lowest BCUT2D eigenvalue weighted by molar-refractivity contribution is -0.00577. The van der Waals surface area contributed by atoms with E-state index in [0.29, 0.717) is 12.0 Å². The Morgan fingerprint density at radius 1 is 1.47 bits per heavy atom. The molecule has 0 saturated carbocycles. The molecular weight excluding hydrogens is 308 g/mol. The third kappa shape index (κ3) is 3.47. The molecule has 0 bridgehead atoms. The van der Waals surface area contributed by atoms with Crippen molar-refractivity contribution < 1.29 is 17.8 Å². The Labute approximate surface area is 108 Å². The Hall–Kier alpha value is -1.01. The van der Waals surface area contributed by atoms with E-state index in [9.17, 15) is 8.42 Å². The fourth-order valence-corrected chi connectivity index (χ4v) is 2.58. The molecule has 0 saturated heterocycles. The van der Waals surface area contributed by atoms with Gasteiger partial charge in [-0.3, -0.25) is 4.55 Å². The number of halogens is 1. The van der Waals surface area contributed by atoms with Crippen LogP contribution in [0.25, 0.3) is 5.53 Å². The number of hydrogen-bond acceptors (Lipinski definition) is 2. The minimum Gasteiger partial charge on any atom is -0.360 e. The van der Waals surface area contributed by atoms with Crippen LogP contribution in [-0.2, 0) is 10.1 Å². The van der Waals surface area contributed by atoms with Crippen LogP contribution in [0, 0.1) is 0 Å². The first-order valence-corrected chi connectivity index (χ1v) is 7.08. The van der Waals surface area contributed by atoms with Crippen molar-refractivity contribution >= 4 is 31.1 Å². The fourth-order valence-electron chi connectivity index (χ4n) is 1.55. The second-order valence-electron chi connectivity index (χ2n) is 3.43. The van der Waals surface area contributed by atoms with Gasteiger partial charge in [-0.05, 0) is 24.1 Å². The third-order valence-electron chi connectivity index (χ3n) is 2.34. The zero-order valence-corrected chi connectivity index (χ0v) is 11.4. The van der Waals surface area contributed by atoms with E-state index >= 15 is 0 Å². The lowest BCUT2D eigenvalue weighted by Gasteiger charge is -2.09. The molecule has 1 N–H and O–H groups in total. The molecule has 1 aromatic rings. The molecule has 0 fully saturated rings. The number of nitrogens with zero attached hydrogens (tertiary/aromatic N) is 2. The molecule has 5 nitrogen and oxygen atoms in total. The first kappa shape index (κ1) is 14.1. The second kappa shape index (κ2) is 5.55. The Morgan fingerprint density at radius 2 is 2.00 bits per heavy atom. The largest absolute Gasteiger partial charge is 0.414 e. The van der Waals surface area contributed by atoms with Gasteiger partial charge in [0.15, 0.2) is 0 Å². The summed E-state index contributed by atoms with van der Waals surface area (Å²) in [6, 6.07) is 6.90. The van der Waals surface area contributed by atoms with Crippen molar-refractivity contribution in [3.8, 4) is 0 Å². The molecule has 0 spiro atoms. The maximum absolute atomic E-state index is 11.1. The summed E-state index contributed by atoms with van der Waals surface area (Å²) < 4.78 is 31.9. The summed E-state index contributed by atoms with van der Waals surface area (Å²) in [7, 11) is -4.50. The van der Waals surface area contributed by atoms with E-state index in [4.69, 9.17) is 10.1 Å². The molecule has 0 aliphatic rings. The van der Waals surface area contributed by atoms with E-state index in [0.717, 1.165) is 4.47 Å². The quantitative estimate of drug-likeness (QED) is 0.305. The summed E-state index contributed by atoms with van der Waals surface area (Å²) in [6.07, 6.45) is 0.390. The van der Waals surface area contributed by atoms with E-state index in [1.54, 1.807) is 31.2 Å². The zero-order valence-electron chi connectivity index (χ0n) is 9.04. The van der Waals surface area contributed by atoms with Gasteiger partial charge in [-0.2, -0.15) is 13.2 Å². The molecular formula is C10H11BrN2O3S. The topological polar surface area (TPSA) is 90.8 Å². The SMILES string of the molecule is CCC(C(=[N+]=[N-])S(=O)(=O)O)c1ccc(Br)cc1. The Balaban J connectivity index is 3.25. The molecule has 0 aliphatic carbocycles. The molecule has 0 aromatic heterocycles. The molecule has 0 aliphatic heterocycles. The normalized spacial score (nSPS) is 12.9. The van der Waals surface area contributed by atoms with Crippen molar-refractivity contribution in [1.29, 1.82) is 0 Å². The average Bonchev–Trinajstić information content (AvgIpc) is 2.25. The van der Waals surface area contributed by atoms with Crippen LogP contribution < -0.4 is 0 Å². The summed E-state index contributed by atoms with van der Waals surface area (Å²) in [6.45, 7) is 1.74. The molecule has 0 radical (unpaired) electrons. The van der Waals surface area contributed by atoms with Crippen molar-refractivity contribution in [3.05, 3.63) is 39.8 Å². The van der Waals surface area contributed by atoms with Gasteiger partial charge in [0, 0.05) is 4.47 Å². The van der Waals surface area contributed by atoms with Crippen molar-refractivity contribution in [1.82, 2.24) is 0 Å². The van der Waals surface area contributed by atoms with E-state index in [2.05, 4.69) is 20.7 Å². The van der Waals surface area contributed by atoms with Gasteiger partial charge in [-0.15, -0.1) is 0 Å². The molecule has 17 heavy (non-hydrogen) atoms. The first-order valence-electron chi connectivity index (χ1n) is 4.85. The highest BCUT2D eigenvalue weighted by atomic mass is 79.9. The molecule has 1 rings (SSSR count). The third-order valence-corrected chi connectivity index (χ3v) is 3.76. The Morgan fingerprint density at radius 3 is 2.35 bits per heavy atom. The predicted octanol–water partition coefficient (Wildman–Crippen LogP) is 2.46. The summed E-state index contributed by atoms with van der Waals surface area (Å²) in [4.78, 5) is 2.70. The van der Waals surface area contributed by atoms with Crippen LogP contribution in [0.15, 0.2) is 28.7 Å². The summed E-state index contributed by atoms with van der Waals surface area (Å²) in [5, 5.41) is -0.637. The van der Waals surface area contributed by atoms with Gasteiger partial charge in [-0.1, -0.05) is 35.0 Å².